The Bertz CT molecular complexity index is 1250. The van der Waals surface area contributed by atoms with Crippen LogP contribution in [-0.4, -0.2) is 20.0 Å². The molecular weight excluding hydrogens is 436 g/mol. The average Bonchev–Trinajstić information content (AvgIpc) is 3.00. The number of hydrogen-bond acceptors (Lipinski definition) is 5. The molecule has 6 heteroatoms. The highest BCUT2D eigenvalue weighted by molar-refractivity contribution is 6.31. The number of ether oxygens (including phenoxy) is 2. The van der Waals surface area contributed by atoms with E-state index in [0.717, 1.165) is 33.8 Å². The van der Waals surface area contributed by atoms with E-state index in [2.05, 4.69) is 10.6 Å². The molecule has 1 heterocycles. The minimum atomic E-state index is -0.330. The second-order valence-electron chi connectivity index (χ2n) is 8.30. The number of nitrogens with one attached hydrogen (secondary N) is 2. The van der Waals surface area contributed by atoms with Crippen molar-refractivity contribution in [3.8, 4) is 11.5 Å². The Morgan fingerprint density at radius 1 is 0.879 bits per heavy atom. The minimum Gasteiger partial charge on any atom is -0.493 e. The van der Waals surface area contributed by atoms with Crippen molar-refractivity contribution >= 4 is 28.8 Å². The maximum atomic E-state index is 13.7. The van der Waals surface area contributed by atoms with Gasteiger partial charge in [0.05, 0.1) is 31.6 Å². The molecule has 3 aromatic rings. The first-order valence-electron chi connectivity index (χ1n) is 10.9. The summed E-state index contributed by atoms with van der Waals surface area (Å²) >= 11 is 6.58. The van der Waals surface area contributed by atoms with Crippen LogP contribution in [0.2, 0.25) is 5.02 Å². The number of Topliss-reactive ketones (excluding diaryl/α,β-unsaturated/α-hetero) is 1. The number of anilines is 2. The Kier molecular flexibility index (Phi) is 5.73. The summed E-state index contributed by atoms with van der Waals surface area (Å²) in [6, 6.07) is 21.2. The first-order valence-corrected chi connectivity index (χ1v) is 11.3. The molecule has 2 aliphatic rings. The smallest absolute Gasteiger partial charge is 0.163 e. The van der Waals surface area contributed by atoms with Crippen LogP contribution >= 0.6 is 11.6 Å². The lowest BCUT2D eigenvalue weighted by atomic mass is 9.78. The Balaban J connectivity index is 1.59. The van der Waals surface area contributed by atoms with Crippen LogP contribution < -0.4 is 20.1 Å². The standard InChI is InChI=1S/C27H25ClN2O3/c1-32-24-12-11-16(15-25(24)33-2)17-13-22-26(23(31)14-17)27(18-7-3-4-8-19(18)28)30-21-10-6-5-9-20(21)29-22/h3-12,15,17,27,29-30H,13-14H2,1-2H3/t17-,27-/m0/s1. The number of methoxy groups -OCH3 is 2. The quantitative estimate of drug-likeness (QED) is 0.476. The van der Waals surface area contributed by atoms with E-state index in [1.807, 2.05) is 66.7 Å². The van der Waals surface area contributed by atoms with Crippen molar-refractivity contribution < 1.29 is 14.3 Å². The maximum Gasteiger partial charge on any atom is 0.163 e. The van der Waals surface area contributed by atoms with Gasteiger partial charge in [-0.25, -0.2) is 0 Å². The van der Waals surface area contributed by atoms with Gasteiger partial charge in [0.2, 0.25) is 0 Å². The maximum absolute atomic E-state index is 13.7. The zero-order valence-electron chi connectivity index (χ0n) is 18.5. The summed E-state index contributed by atoms with van der Waals surface area (Å²) in [5, 5.41) is 7.77. The van der Waals surface area contributed by atoms with Gasteiger partial charge in [0.25, 0.3) is 0 Å². The molecule has 2 atom stereocenters. The Morgan fingerprint density at radius 2 is 1.61 bits per heavy atom. The number of ketones is 1. The summed E-state index contributed by atoms with van der Waals surface area (Å²) in [5.41, 5.74) is 5.49. The van der Waals surface area contributed by atoms with Gasteiger partial charge in [-0.05, 0) is 53.8 Å². The third-order valence-corrected chi connectivity index (χ3v) is 6.75. The fraction of sp³-hybridized carbons (Fsp3) is 0.222. The second kappa shape index (κ2) is 8.83. The molecule has 1 aliphatic carbocycles. The third-order valence-electron chi connectivity index (χ3n) is 6.40. The van der Waals surface area contributed by atoms with Crippen LogP contribution in [0, 0.1) is 0 Å². The van der Waals surface area contributed by atoms with Crippen LogP contribution in [0.3, 0.4) is 0 Å². The van der Waals surface area contributed by atoms with Crippen LogP contribution in [-0.2, 0) is 4.79 Å². The zero-order chi connectivity index (χ0) is 22.9. The summed E-state index contributed by atoms with van der Waals surface area (Å²) in [6.45, 7) is 0. The zero-order valence-corrected chi connectivity index (χ0v) is 19.3. The molecule has 33 heavy (non-hydrogen) atoms. The molecular formula is C27H25ClN2O3. The highest BCUT2D eigenvalue weighted by Crippen LogP contribution is 2.46. The van der Waals surface area contributed by atoms with Gasteiger partial charge in [0.1, 0.15) is 0 Å². The summed E-state index contributed by atoms with van der Waals surface area (Å²) in [4.78, 5) is 13.7. The van der Waals surface area contributed by atoms with Gasteiger partial charge in [-0.2, -0.15) is 0 Å². The molecule has 0 spiro atoms. The molecule has 0 fully saturated rings. The number of hydrogen-bond donors (Lipinski definition) is 2. The normalized spacial score (nSPS) is 19.5. The van der Waals surface area contributed by atoms with Gasteiger partial charge < -0.3 is 20.1 Å². The molecule has 1 aliphatic heterocycles. The van der Waals surface area contributed by atoms with Crippen molar-refractivity contribution in [3.63, 3.8) is 0 Å². The van der Waals surface area contributed by atoms with E-state index in [1.54, 1.807) is 14.2 Å². The predicted octanol–water partition coefficient (Wildman–Crippen LogP) is 6.34. The van der Waals surface area contributed by atoms with E-state index in [9.17, 15) is 4.79 Å². The van der Waals surface area contributed by atoms with E-state index in [0.29, 0.717) is 29.4 Å². The number of para-hydroxylation sites is 2. The van der Waals surface area contributed by atoms with Gasteiger partial charge in [-0.15, -0.1) is 0 Å². The summed E-state index contributed by atoms with van der Waals surface area (Å²) in [7, 11) is 3.24. The highest BCUT2D eigenvalue weighted by atomic mass is 35.5. The largest absolute Gasteiger partial charge is 0.493 e. The fourth-order valence-corrected chi connectivity index (χ4v) is 5.02. The average molecular weight is 461 g/mol. The molecule has 0 amide bonds. The van der Waals surface area contributed by atoms with E-state index in [4.69, 9.17) is 21.1 Å². The molecule has 0 aromatic heterocycles. The minimum absolute atomic E-state index is 0.0284. The number of halogens is 1. The van der Waals surface area contributed by atoms with E-state index in [1.165, 1.54) is 0 Å². The molecule has 3 aromatic carbocycles. The number of carbonyl (C=O) groups is 1. The lowest BCUT2D eigenvalue weighted by molar-refractivity contribution is -0.116. The van der Waals surface area contributed by atoms with Gasteiger partial charge in [0.15, 0.2) is 17.3 Å². The molecule has 0 unspecified atom stereocenters. The topological polar surface area (TPSA) is 59.6 Å². The van der Waals surface area contributed by atoms with Crippen molar-refractivity contribution in [2.24, 2.45) is 0 Å². The van der Waals surface area contributed by atoms with Crippen LogP contribution in [0.25, 0.3) is 0 Å². The Labute approximate surface area is 198 Å². The monoisotopic (exact) mass is 460 g/mol. The number of allylic oxidation sites excluding steroid dienone is 1. The lowest BCUT2D eigenvalue weighted by Crippen LogP contribution is -2.27. The van der Waals surface area contributed by atoms with Gasteiger partial charge >= 0.3 is 0 Å². The first kappa shape index (κ1) is 21.4. The predicted molar refractivity (Wildman–Crippen MR) is 131 cm³/mol. The van der Waals surface area contributed by atoms with Crippen LogP contribution in [0.1, 0.15) is 35.9 Å². The van der Waals surface area contributed by atoms with Crippen molar-refractivity contribution in [2.75, 3.05) is 24.9 Å². The molecule has 0 saturated carbocycles. The summed E-state index contributed by atoms with van der Waals surface area (Å²) in [6.07, 6.45) is 1.11. The molecule has 5 nitrogen and oxygen atoms in total. The van der Waals surface area contributed by atoms with Crippen molar-refractivity contribution in [1.82, 2.24) is 0 Å². The molecule has 0 saturated heterocycles. The van der Waals surface area contributed by atoms with Crippen LogP contribution in [0.15, 0.2) is 78.0 Å². The van der Waals surface area contributed by atoms with Crippen molar-refractivity contribution in [3.05, 3.63) is 94.1 Å². The molecule has 168 valence electrons. The molecule has 2 N–H and O–H groups in total. The third kappa shape index (κ3) is 3.93. The van der Waals surface area contributed by atoms with E-state index >= 15 is 0 Å². The first-order chi connectivity index (χ1) is 16.1. The highest BCUT2D eigenvalue weighted by Gasteiger charge is 2.36. The van der Waals surface area contributed by atoms with Gasteiger partial charge in [0, 0.05) is 22.7 Å². The summed E-state index contributed by atoms with van der Waals surface area (Å²) in [5.74, 6) is 1.47. The number of rotatable bonds is 4. The van der Waals surface area contributed by atoms with Gasteiger partial charge in [-0.3, -0.25) is 4.79 Å². The second-order valence-corrected chi connectivity index (χ2v) is 8.71. The van der Waals surface area contributed by atoms with Crippen molar-refractivity contribution in [1.29, 1.82) is 0 Å². The van der Waals surface area contributed by atoms with Crippen molar-refractivity contribution in [2.45, 2.75) is 24.8 Å². The lowest BCUT2D eigenvalue weighted by Gasteiger charge is -2.30. The number of fused-ring (bicyclic) bond motifs is 1. The van der Waals surface area contributed by atoms with E-state index in [-0.39, 0.29) is 17.7 Å². The fourth-order valence-electron chi connectivity index (χ4n) is 4.78. The Morgan fingerprint density at radius 3 is 2.36 bits per heavy atom. The molecule has 0 bridgehead atoms. The SMILES string of the molecule is COc1ccc([C@@H]2CC(=O)C3=C(C2)Nc2ccccc2N[C@H]3c2ccccc2Cl)cc1OC. The number of carbonyl (C=O) groups excluding carboxylic acids is 1. The van der Waals surface area contributed by atoms with Crippen LogP contribution in [0.4, 0.5) is 11.4 Å². The Hall–Kier alpha value is -3.44. The van der Waals surface area contributed by atoms with Gasteiger partial charge in [-0.1, -0.05) is 48.0 Å². The summed E-state index contributed by atoms with van der Waals surface area (Å²) < 4.78 is 10.9. The van der Waals surface area contributed by atoms with Crippen LogP contribution in [0.5, 0.6) is 11.5 Å². The molecule has 5 rings (SSSR count). The molecule has 0 radical (unpaired) electrons. The van der Waals surface area contributed by atoms with E-state index < -0.39 is 0 Å². The number of benzene rings is 3.